The van der Waals surface area contributed by atoms with Crippen LogP contribution in [-0.2, 0) is 12.2 Å². The SMILES string of the molecule is CCC(CN)Cc1nc(CSC)no1. The maximum atomic E-state index is 5.60. The van der Waals surface area contributed by atoms with Crippen LogP contribution in [0.2, 0.25) is 0 Å². The van der Waals surface area contributed by atoms with Crippen LogP contribution in [0.25, 0.3) is 0 Å². The Morgan fingerprint density at radius 2 is 2.36 bits per heavy atom. The Morgan fingerprint density at radius 1 is 1.57 bits per heavy atom. The first-order valence-corrected chi connectivity index (χ1v) is 6.20. The second-order valence-corrected chi connectivity index (χ2v) is 4.12. The normalized spacial score (nSPS) is 13.1. The van der Waals surface area contributed by atoms with E-state index in [2.05, 4.69) is 17.1 Å². The summed E-state index contributed by atoms with van der Waals surface area (Å²) in [5.74, 6) is 2.76. The standard InChI is InChI=1S/C9H17N3OS/c1-3-7(5-10)4-9-11-8(6-14-2)12-13-9/h7H,3-6,10H2,1-2H3. The van der Waals surface area contributed by atoms with Gasteiger partial charge in [0.25, 0.3) is 0 Å². The molecular formula is C9H17N3OS. The minimum atomic E-state index is 0.456. The van der Waals surface area contributed by atoms with Gasteiger partial charge in [-0.05, 0) is 18.7 Å². The number of nitrogens with two attached hydrogens (primary N) is 1. The predicted molar refractivity (Wildman–Crippen MR) is 58.1 cm³/mol. The summed E-state index contributed by atoms with van der Waals surface area (Å²) in [6, 6.07) is 0. The highest BCUT2D eigenvalue weighted by Crippen LogP contribution is 2.11. The second kappa shape index (κ2) is 6.03. The van der Waals surface area contributed by atoms with Gasteiger partial charge in [0.1, 0.15) is 0 Å². The summed E-state index contributed by atoms with van der Waals surface area (Å²) in [7, 11) is 0. The summed E-state index contributed by atoms with van der Waals surface area (Å²) < 4.78 is 5.12. The molecule has 0 bridgehead atoms. The van der Waals surface area contributed by atoms with Crippen molar-refractivity contribution in [3.8, 4) is 0 Å². The van der Waals surface area contributed by atoms with Crippen LogP contribution >= 0.6 is 11.8 Å². The average Bonchev–Trinajstić information content (AvgIpc) is 2.63. The summed E-state index contributed by atoms with van der Waals surface area (Å²) in [6.07, 6.45) is 3.87. The van der Waals surface area contributed by atoms with Crippen molar-refractivity contribution in [2.75, 3.05) is 12.8 Å². The van der Waals surface area contributed by atoms with E-state index < -0.39 is 0 Å². The molecule has 0 radical (unpaired) electrons. The van der Waals surface area contributed by atoms with Crippen LogP contribution in [0.15, 0.2) is 4.52 Å². The first-order valence-electron chi connectivity index (χ1n) is 4.80. The Morgan fingerprint density at radius 3 is 2.93 bits per heavy atom. The van der Waals surface area contributed by atoms with Gasteiger partial charge in [0.2, 0.25) is 5.89 Å². The second-order valence-electron chi connectivity index (χ2n) is 3.25. The van der Waals surface area contributed by atoms with Gasteiger partial charge < -0.3 is 10.3 Å². The molecule has 1 heterocycles. The van der Waals surface area contributed by atoms with E-state index >= 15 is 0 Å². The van der Waals surface area contributed by atoms with Crippen LogP contribution in [0.5, 0.6) is 0 Å². The van der Waals surface area contributed by atoms with Crippen molar-refractivity contribution in [2.45, 2.75) is 25.5 Å². The number of hydrogen-bond donors (Lipinski definition) is 1. The zero-order valence-corrected chi connectivity index (χ0v) is 9.51. The fraction of sp³-hybridized carbons (Fsp3) is 0.778. The van der Waals surface area contributed by atoms with Gasteiger partial charge in [0.15, 0.2) is 5.82 Å². The molecule has 0 saturated carbocycles. The molecule has 0 aliphatic rings. The van der Waals surface area contributed by atoms with Crippen LogP contribution in [0.3, 0.4) is 0 Å². The molecule has 0 saturated heterocycles. The molecule has 0 amide bonds. The van der Waals surface area contributed by atoms with Crippen molar-refractivity contribution in [3.05, 3.63) is 11.7 Å². The molecule has 2 N–H and O–H groups in total. The lowest BCUT2D eigenvalue weighted by Gasteiger charge is -2.07. The van der Waals surface area contributed by atoms with E-state index in [1.54, 1.807) is 11.8 Å². The highest BCUT2D eigenvalue weighted by molar-refractivity contribution is 7.97. The summed E-state index contributed by atoms with van der Waals surface area (Å²) >= 11 is 1.69. The Bertz CT molecular complexity index is 260. The largest absolute Gasteiger partial charge is 0.339 e. The quantitative estimate of drug-likeness (QED) is 0.778. The van der Waals surface area contributed by atoms with Gasteiger partial charge in [-0.1, -0.05) is 18.5 Å². The molecule has 0 aromatic carbocycles. The zero-order valence-electron chi connectivity index (χ0n) is 8.69. The highest BCUT2D eigenvalue weighted by atomic mass is 32.2. The fourth-order valence-corrected chi connectivity index (χ4v) is 1.58. The molecule has 0 aliphatic carbocycles. The van der Waals surface area contributed by atoms with Crippen molar-refractivity contribution in [1.29, 1.82) is 0 Å². The van der Waals surface area contributed by atoms with Crippen molar-refractivity contribution in [3.63, 3.8) is 0 Å². The Hall–Kier alpha value is -0.550. The lowest BCUT2D eigenvalue weighted by Crippen LogP contribution is -2.16. The van der Waals surface area contributed by atoms with E-state index in [0.717, 1.165) is 24.4 Å². The van der Waals surface area contributed by atoms with Gasteiger partial charge in [-0.3, -0.25) is 0 Å². The Labute approximate surface area is 88.6 Å². The van der Waals surface area contributed by atoms with Crippen molar-refractivity contribution < 1.29 is 4.52 Å². The lowest BCUT2D eigenvalue weighted by atomic mass is 10.0. The van der Waals surface area contributed by atoms with E-state index in [0.29, 0.717) is 18.4 Å². The van der Waals surface area contributed by atoms with Gasteiger partial charge in [0, 0.05) is 6.42 Å². The molecule has 5 heteroatoms. The monoisotopic (exact) mass is 215 g/mol. The molecule has 1 atom stereocenters. The summed E-state index contributed by atoms with van der Waals surface area (Å²) in [5.41, 5.74) is 5.60. The van der Waals surface area contributed by atoms with Gasteiger partial charge in [0.05, 0.1) is 5.75 Å². The van der Waals surface area contributed by atoms with Crippen molar-refractivity contribution in [2.24, 2.45) is 11.7 Å². The average molecular weight is 215 g/mol. The number of nitrogens with zero attached hydrogens (tertiary/aromatic N) is 2. The first-order chi connectivity index (χ1) is 6.80. The zero-order chi connectivity index (χ0) is 10.4. The van der Waals surface area contributed by atoms with Gasteiger partial charge >= 0.3 is 0 Å². The molecule has 14 heavy (non-hydrogen) atoms. The van der Waals surface area contributed by atoms with Crippen LogP contribution in [-0.4, -0.2) is 22.9 Å². The molecule has 1 aromatic rings. The highest BCUT2D eigenvalue weighted by Gasteiger charge is 2.11. The van der Waals surface area contributed by atoms with E-state index in [-0.39, 0.29) is 0 Å². The third-order valence-corrected chi connectivity index (χ3v) is 2.70. The minimum absolute atomic E-state index is 0.456. The van der Waals surface area contributed by atoms with E-state index in [9.17, 15) is 0 Å². The number of hydrogen-bond acceptors (Lipinski definition) is 5. The van der Waals surface area contributed by atoms with E-state index in [1.807, 2.05) is 6.26 Å². The van der Waals surface area contributed by atoms with E-state index in [4.69, 9.17) is 10.3 Å². The summed E-state index contributed by atoms with van der Waals surface area (Å²) in [4.78, 5) is 4.28. The smallest absolute Gasteiger partial charge is 0.226 e. The maximum Gasteiger partial charge on any atom is 0.226 e. The van der Waals surface area contributed by atoms with Gasteiger partial charge in [-0.15, -0.1) is 0 Å². The van der Waals surface area contributed by atoms with Crippen molar-refractivity contribution >= 4 is 11.8 Å². The molecular weight excluding hydrogens is 198 g/mol. The molecule has 1 unspecified atom stereocenters. The number of thioether (sulfide) groups is 1. The fourth-order valence-electron chi connectivity index (χ4n) is 1.20. The predicted octanol–water partition coefficient (Wildman–Crippen LogP) is 1.46. The first kappa shape index (κ1) is 11.5. The summed E-state index contributed by atoms with van der Waals surface area (Å²) in [5, 5.41) is 3.88. The van der Waals surface area contributed by atoms with Crippen molar-refractivity contribution in [1.82, 2.24) is 10.1 Å². The van der Waals surface area contributed by atoms with E-state index in [1.165, 1.54) is 0 Å². The van der Waals surface area contributed by atoms with Gasteiger partial charge in [-0.2, -0.15) is 16.7 Å². The molecule has 4 nitrogen and oxygen atoms in total. The minimum Gasteiger partial charge on any atom is -0.339 e. The lowest BCUT2D eigenvalue weighted by molar-refractivity contribution is 0.348. The van der Waals surface area contributed by atoms with Gasteiger partial charge in [-0.25, -0.2) is 0 Å². The molecule has 0 spiro atoms. The number of aromatic nitrogens is 2. The van der Waals surface area contributed by atoms with Crippen LogP contribution in [0.4, 0.5) is 0 Å². The molecule has 0 aliphatic heterocycles. The Balaban J connectivity index is 2.49. The topological polar surface area (TPSA) is 64.9 Å². The third kappa shape index (κ3) is 3.31. The third-order valence-electron chi connectivity index (χ3n) is 2.16. The molecule has 1 aromatic heterocycles. The Kier molecular flexibility index (Phi) is 4.97. The van der Waals surface area contributed by atoms with Crippen LogP contribution in [0.1, 0.15) is 25.1 Å². The molecule has 1 rings (SSSR count). The van der Waals surface area contributed by atoms with Crippen LogP contribution < -0.4 is 5.73 Å². The summed E-state index contributed by atoms with van der Waals surface area (Å²) in [6.45, 7) is 2.80. The molecule has 80 valence electrons. The number of rotatable bonds is 6. The molecule has 0 fully saturated rings. The van der Waals surface area contributed by atoms with Crippen LogP contribution in [0, 0.1) is 5.92 Å². The maximum absolute atomic E-state index is 5.60.